The molecule has 1 heterocycles. The van der Waals surface area contributed by atoms with Crippen molar-refractivity contribution in [1.29, 1.82) is 5.26 Å². The zero-order valence-corrected chi connectivity index (χ0v) is 20.9. The third kappa shape index (κ3) is 6.46. The van der Waals surface area contributed by atoms with Crippen molar-refractivity contribution in [3.63, 3.8) is 0 Å². The highest BCUT2D eigenvalue weighted by atomic mass is 35.5. The number of carbonyl (C=O) groups is 1. The molecule has 1 saturated carbocycles. The summed E-state index contributed by atoms with van der Waals surface area (Å²) in [5.74, 6) is -0.573. The van der Waals surface area contributed by atoms with Gasteiger partial charge in [0.1, 0.15) is 5.75 Å². The Bertz CT molecular complexity index is 1270. The maximum Gasteiger partial charge on any atom is 0.387 e. The number of hydrazone groups is 1. The van der Waals surface area contributed by atoms with Gasteiger partial charge in [-0.25, -0.2) is 10.0 Å². The van der Waals surface area contributed by atoms with Gasteiger partial charge in [-0.2, -0.15) is 19.1 Å². The number of alkyl halides is 2. The Balaban J connectivity index is 1.66. The first-order valence-corrected chi connectivity index (χ1v) is 12.2. The molecule has 2 aromatic carbocycles. The largest absolute Gasteiger partial charge is 0.435 e. The SMILES string of the molecule is N#CNC(=Nc1cccc(OC(F)F)c1)N1CC(NC(=O)C2CCCC2N)C(c2ccc(Cl)c(Cl)c2)=N1. The maximum absolute atomic E-state index is 13.0. The van der Waals surface area contributed by atoms with Crippen LogP contribution < -0.4 is 21.1 Å². The van der Waals surface area contributed by atoms with Crippen molar-refractivity contribution in [1.82, 2.24) is 15.6 Å². The molecular weight excluding hydrogens is 527 g/mol. The van der Waals surface area contributed by atoms with Crippen LogP contribution in [0.2, 0.25) is 10.0 Å². The number of benzene rings is 2. The monoisotopic (exact) mass is 549 g/mol. The minimum Gasteiger partial charge on any atom is -0.435 e. The van der Waals surface area contributed by atoms with Crippen LogP contribution in [0.15, 0.2) is 52.6 Å². The van der Waals surface area contributed by atoms with Crippen LogP contribution >= 0.6 is 23.2 Å². The minimum absolute atomic E-state index is 0.0172. The van der Waals surface area contributed by atoms with E-state index in [0.717, 1.165) is 12.8 Å². The summed E-state index contributed by atoms with van der Waals surface area (Å²) in [6, 6.07) is 9.86. The van der Waals surface area contributed by atoms with Crippen molar-refractivity contribution >= 4 is 46.5 Å². The number of nitrogens with zero attached hydrogens (tertiary/aromatic N) is 4. The van der Waals surface area contributed by atoms with Gasteiger partial charge < -0.3 is 15.8 Å². The van der Waals surface area contributed by atoms with Crippen LogP contribution in [0.5, 0.6) is 5.75 Å². The van der Waals surface area contributed by atoms with Crippen LogP contribution in [0.25, 0.3) is 0 Å². The van der Waals surface area contributed by atoms with Gasteiger partial charge in [0.05, 0.1) is 39.9 Å². The zero-order chi connectivity index (χ0) is 26.5. The van der Waals surface area contributed by atoms with E-state index in [4.69, 9.17) is 28.9 Å². The third-order valence-electron chi connectivity index (χ3n) is 6.04. The second-order valence-electron chi connectivity index (χ2n) is 8.51. The molecule has 194 valence electrons. The van der Waals surface area contributed by atoms with E-state index in [1.54, 1.807) is 30.5 Å². The molecule has 4 N–H and O–H groups in total. The lowest BCUT2D eigenvalue weighted by Crippen LogP contribution is -2.48. The summed E-state index contributed by atoms with van der Waals surface area (Å²) in [6.07, 6.45) is 4.15. The van der Waals surface area contributed by atoms with E-state index in [9.17, 15) is 18.8 Å². The molecule has 4 rings (SSSR count). The fourth-order valence-corrected chi connectivity index (χ4v) is 4.60. The molecule has 13 heteroatoms. The van der Waals surface area contributed by atoms with Gasteiger partial charge in [0.25, 0.3) is 0 Å². The molecular formula is C24H23Cl2F2N7O2. The Morgan fingerprint density at radius 3 is 2.73 bits per heavy atom. The first-order valence-electron chi connectivity index (χ1n) is 11.4. The van der Waals surface area contributed by atoms with E-state index in [-0.39, 0.29) is 41.8 Å². The molecule has 1 amide bonds. The van der Waals surface area contributed by atoms with Crippen molar-refractivity contribution in [2.24, 2.45) is 21.7 Å². The van der Waals surface area contributed by atoms with E-state index in [1.165, 1.54) is 23.2 Å². The highest BCUT2D eigenvalue weighted by Gasteiger charge is 2.36. The highest BCUT2D eigenvalue weighted by Crippen LogP contribution is 2.28. The first-order chi connectivity index (χ1) is 17.7. The number of rotatable bonds is 6. The fraction of sp³-hybridized carbons (Fsp3) is 0.333. The second kappa shape index (κ2) is 11.7. The molecule has 0 aromatic heterocycles. The van der Waals surface area contributed by atoms with Crippen molar-refractivity contribution < 1.29 is 18.3 Å². The van der Waals surface area contributed by atoms with Crippen LogP contribution in [-0.4, -0.2) is 47.8 Å². The maximum atomic E-state index is 13.0. The molecule has 0 bridgehead atoms. The number of nitrogens with two attached hydrogens (primary N) is 1. The lowest BCUT2D eigenvalue weighted by Gasteiger charge is -2.21. The molecule has 1 fully saturated rings. The molecule has 1 aliphatic heterocycles. The normalized spacial score (nSPS) is 21.5. The average molecular weight is 550 g/mol. The van der Waals surface area contributed by atoms with Gasteiger partial charge in [-0.05, 0) is 37.1 Å². The molecule has 0 spiro atoms. The van der Waals surface area contributed by atoms with E-state index in [1.807, 2.05) is 0 Å². The van der Waals surface area contributed by atoms with Crippen molar-refractivity contribution in [2.75, 3.05) is 6.54 Å². The van der Waals surface area contributed by atoms with Crippen LogP contribution in [0.1, 0.15) is 24.8 Å². The fourth-order valence-electron chi connectivity index (χ4n) is 4.31. The summed E-state index contributed by atoms with van der Waals surface area (Å²) in [5, 5.41) is 21.5. The molecule has 1 aliphatic carbocycles. The zero-order valence-electron chi connectivity index (χ0n) is 19.4. The van der Waals surface area contributed by atoms with Gasteiger partial charge >= 0.3 is 6.61 Å². The topological polar surface area (TPSA) is 128 Å². The van der Waals surface area contributed by atoms with Gasteiger partial charge in [-0.15, -0.1) is 0 Å². The molecule has 2 aromatic rings. The Morgan fingerprint density at radius 1 is 1.24 bits per heavy atom. The molecule has 0 radical (unpaired) electrons. The van der Waals surface area contributed by atoms with Gasteiger partial charge in [0.2, 0.25) is 11.9 Å². The van der Waals surface area contributed by atoms with E-state index < -0.39 is 12.7 Å². The number of hydrogen-bond donors (Lipinski definition) is 3. The second-order valence-corrected chi connectivity index (χ2v) is 9.32. The third-order valence-corrected chi connectivity index (χ3v) is 6.78. The molecule has 9 nitrogen and oxygen atoms in total. The number of ether oxygens (including phenoxy) is 1. The van der Waals surface area contributed by atoms with E-state index >= 15 is 0 Å². The Labute approximate surface area is 221 Å². The first kappa shape index (κ1) is 26.6. The van der Waals surface area contributed by atoms with Crippen LogP contribution in [0, 0.1) is 17.4 Å². The van der Waals surface area contributed by atoms with E-state index in [0.29, 0.717) is 27.7 Å². The molecule has 3 atom stereocenters. The Morgan fingerprint density at radius 2 is 2.05 bits per heavy atom. The van der Waals surface area contributed by atoms with E-state index in [2.05, 4.69) is 25.5 Å². The van der Waals surface area contributed by atoms with Gasteiger partial charge in [0, 0.05) is 17.7 Å². The molecule has 3 unspecified atom stereocenters. The lowest BCUT2D eigenvalue weighted by atomic mass is 10.00. The summed E-state index contributed by atoms with van der Waals surface area (Å²) in [7, 11) is 0. The number of hydrogen-bond acceptors (Lipinski definition) is 6. The Kier molecular flexibility index (Phi) is 8.43. The summed E-state index contributed by atoms with van der Waals surface area (Å²) in [6.45, 7) is -2.87. The minimum atomic E-state index is -3.00. The number of amides is 1. The highest BCUT2D eigenvalue weighted by molar-refractivity contribution is 6.42. The predicted molar refractivity (Wildman–Crippen MR) is 136 cm³/mol. The number of aliphatic imine (C=N–C) groups is 1. The molecule has 0 saturated heterocycles. The number of carbonyl (C=O) groups excluding carboxylic acids is 1. The standard InChI is InChI=1S/C24H23Cl2F2N7O2/c25-17-8-7-13(9-18(17)26)21-20(33-22(36)16-5-2-6-19(16)30)11-35(34-21)24(31-12-29)32-14-3-1-4-15(10-14)37-23(27)28/h1,3-4,7-10,16,19-20,23H,2,5-6,11,30H2,(H,31,32)(H,33,36). The van der Waals surface area contributed by atoms with Crippen molar-refractivity contribution in [2.45, 2.75) is 38.0 Å². The van der Waals surface area contributed by atoms with Gasteiger partial charge in [-0.1, -0.05) is 41.8 Å². The lowest BCUT2D eigenvalue weighted by molar-refractivity contribution is -0.125. The smallest absolute Gasteiger partial charge is 0.387 e. The number of nitriles is 1. The number of nitrogens with one attached hydrogen (secondary N) is 2. The van der Waals surface area contributed by atoms with Crippen LogP contribution in [-0.2, 0) is 4.79 Å². The summed E-state index contributed by atoms with van der Waals surface area (Å²) >= 11 is 12.3. The summed E-state index contributed by atoms with van der Waals surface area (Å²) < 4.78 is 29.7. The van der Waals surface area contributed by atoms with Gasteiger partial charge in [-0.3, -0.25) is 10.1 Å². The number of guanidine groups is 1. The van der Waals surface area contributed by atoms with Gasteiger partial charge in [0.15, 0.2) is 6.19 Å². The van der Waals surface area contributed by atoms with Crippen molar-refractivity contribution in [3.8, 4) is 11.9 Å². The van der Waals surface area contributed by atoms with Crippen LogP contribution in [0.3, 0.4) is 0 Å². The Hall–Kier alpha value is -3.46. The summed E-state index contributed by atoms with van der Waals surface area (Å²) in [4.78, 5) is 17.4. The van der Waals surface area contributed by atoms with Crippen molar-refractivity contribution in [3.05, 3.63) is 58.1 Å². The average Bonchev–Trinajstić information content (AvgIpc) is 3.47. The molecule has 2 aliphatic rings. The summed E-state index contributed by atoms with van der Waals surface area (Å²) in [5.41, 5.74) is 7.45. The number of halogens is 4. The molecule has 37 heavy (non-hydrogen) atoms. The quantitative estimate of drug-likeness (QED) is 0.216. The van der Waals surface area contributed by atoms with Crippen LogP contribution in [0.4, 0.5) is 14.5 Å². The predicted octanol–water partition coefficient (Wildman–Crippen LogP) is 3.99.